The maximum Gasteiger partial charge on any atom is 0.179 e. The van der Waals surface area contributed by atoms with Crippen LogP contribution in [-0.4, -0.2) is 32.1 Å². The molecule has 0 amide bonds. The van der Waals surface area contributed by atoms with Gasteiger partial charge >= 0.3 is 0 Å². The minimum Gasteiger partial charge on any atom is -0.383 e. The molecule has 0 radical (unpaired) electrons. The number of Topliss-reactive ketones (excluding diaryl/α,β-unsaturated/α-hetero) is 1. The van der Waals surface area contributed by atoms with Gasteiger partial charge in [-0.2, -0.15) is 0 Å². The second-order valence-electron chi connectivity index (χ2n) is 4.87. The van der Waals surface area contributed by atoms with Crippen LogP contribution in [0.25, 0.3) is 0 Å². The van der Waals surface area contributed by atoms with Crippen molar-refractivity contribution in [3.05, 3.63) is 34.9 Å². The monoisotopic (exact) mass is 247 g/mol. The minimum atomic E-state index is -0.153. The number of aryl methyl sites for hydroxylation is 2. The molecule has 0 bridgehead atoms. The van der Waals surface area contributed by atoms with Crippen LogP contribution in [0, 0.1) is 0 Å². The van der Waals surface area contributed by atoms with Gasteiger partial charge in [-0.1, -0.05) is 12.1 Å². The fraction of sp³-hybridized carbons (Fsp3) is 0.533. The van der Waals surface area contributed by atoms with Gasteiger partial charge in [-0.25, -0.2) is 0 Å². The molecule has 3 heteroatoms. The number of fused-ring (bicyclic) bond motifs is 1. The number of carbonyl (C=O) groups is 1. The third kappa shape index (κ3) is 2.98. The van der Waals surface area contributed by atoms with Gasteiger partial charge in [0.2, 0.25) is 0 Å². The highest BCUT2D eigenvalue weighted by atomic mass is 16.5. The number of carbonyl (C=O) groups excluding carboxylic acids is 1. The van der Waals surface area contributed by atoms with Crippen molar-refractivity contribution in [2.24, 2.45) is 0 Å². The Bertz CT molecular complexity index is 429. The molecule has 1 aliphatic carbocycles. The fourth-order valence-corrected chi connectivity index (χ4v) is 2.45. The average Bonchev–Trinajstić information content (AvgIpc) is 2.85. The Balaban J connectivity index is 2.00. The zero-order chi connectivity index (χ0) is 13.0. The lowest BCUT2D eigenvalue weighted by atomic mass is 10.0. The van der Waals surface area contributed by atoms with Gasteiger partial charge in [0, 0.05) is 19.2 Å². The molecule has 0 spiro atoms. The Morgan fingerprint density at radius 2 is 2.17 bits per heavy atom. The third-order valence-electron chi connectivity index (χ3n) is 3.53. The summed E-state index contributed by atoms with van der Waals surface area (Å²) in [6.07, 6.45) is 3.49. The second kappa shape index (κ2) is 6.12. The fourth-order valence-electron chi connectivity index (χ4n) is 2.45. The summed E-state index contributed by atoms with van der Waals surface area (Å²) in [4.78, 5) is 12.2. The van der Waals surface area contributed by atoms with E-state index in [1.807, 2.05) is 13.0 Å². The van der Waals surface area contributed by atoms with Crippen LogP contribution in [0.2, 0.25) is 0 Å². The van der Waals surface area contributed by atoms with E-state index in [4.69, 9.17) is 4.74 Å². The molecule has 0 aliphatic heterocycles. The number of methoxy groups -OCH3 is 1. The van der Waals surface area contributed by atoms with Gasteiger partial charge in [-0.3, -0.25) is 4.79 Å². The lowest BCUT2D eigenvalue weighted by Crippen LogP contribution is -2.36. The lowest BCUT2D eigenvalue weighted by molar-refractivity contribution is 0.0945. The molecule has 98 valence electrons. The number of ketones is 1. The van der Waals surface area contributed by atoms with Gasteiger partial charge in [-0.15, -0.1) is 0 Å². The smallest absolute Gasteiger partial charge is 0.179 e. The van der Waals surface area contributed by atoms with Crippen LogP contribution in [0.3, 0.4) is 0 Å². The van der Waals surface area contributed by atoms with Crippen molar-refractivity contribution in [1.29, 1.82) is 0 Å². The van der Waals surface area contributed by atoms with Crippen molar-refractivity contribution < 1.29 is 9.53 Å². The highest BCUT2D eigenvalue weighted by Gasteiger charge is 2.17. The van der Waals surface area contributed by atoms with E-state index in [0.717, 1.165) is 18.4 Å². The van der Waals surface area contributed by atoms with Crippen LogP contribution < -0.4 is 5.32 Å². The van der Waals surface area contributed by atoms with Crippen molar-refractivity contribution in [2.45, 2.75) is 32.2 Å². The number of ether oxygens (including phenoxy) is 1. The summed E-state index contributed by atoms with van der Waals surface area (Å²) in [7, 11) is 1.66. The van der Waals surface area contributed by atoms with Crippen LogP contribution in [0.1, 0.15) is 34.8 Å². The molecule has 3 nitrogen and oxygen atoms in total. The molecule has 0 aromatic heterocycles. The molecule has 1 atom stereocenters. The van der Waals surface area contributed by atoms with E-state index in [-0.39, 0.29) is 11.8 Å². The molecule has 18 heavy (non-hydrogen) atoms. The normalized spacial score (nSPS) is 15.4. The standard InChI is InChI=1S/C15H21NO2/c1-11(16-8-9-18-2)15(17)14-7-6-12-4-3-5-13(12)10-14/h6-7,10-11,16H,3-5,8-9H2,1-2H3. The molecular weight excluding hydrogens is 226 g/mol. The maximum absolute atomic E-state index is 12.2. The average molecular weight is 247 g/mol. The predicted molar refractivity (Wildman–Crippen MR) is 72.1 cm³/mol. The third-order valence-corrected chi connectivity index (χ3v) is 3.53. The molecule has 0 heterocycles. The van der Waals surface area contributed by atoms with Gasteiger partial charge < -0.3 is 10.1 Å². The Labute approximate surface area is 109 Å². The molecule has 0 saturated heterocycles. The zero-order valence-corrected chi connectivity index (χ0v) is 11.2. The number of nitrogens with one attached hydrogen (secondary N) is 1. The highest BCUT2D eigenvalue weighted by Crippen LogP contribution is 2.23. The van der Waals surface area contributed by atoms with Crippen LogP contribution in [0.15, 0.2) is 18.2 Å². The summed E-state index contributed by atoms with van der Waals surface area (Å²) in [5.41, 5.74) is 3.59. The highest BCUT2D eigenvalue weighted by molar-refractivity contribution is 6.00. The van der Waals surface area contributed by atoms with Crippen molar-refractivity contribution >= 4 is 5.78 Å². The lowest BCUT2D eigenvalue weighted by Gasteiger charge is -2.13. The summed E-state index contributed by atoms with van der Waals surface area (Å²) in [5.74, 6) is 0.167. The van der Waals surface area contributed by atoms with Gasteiger partial charge in [0.25, 0.3) is 0 Å². The zero-order valence-electron chi connectivity index (χ0n) is 11.2. The SMILES string of the molecule is COCCNC(C)C(=O)c1ccc2c(c1)CCC2. The molecule has 1 aliphatic rings. The van der Waals surface area contributed by atoms with Crippen LogP contribution in [0.4, 0.5) is 0 Å². The van der Waals surface area contributed by atoms with E-state index in [2.05, 4.69) is 17.4 Å². The van der Waals surface area contributed by atoms with Crippen molar-refractivity contribution in [1.82, 2.24) is 5.32 Å². The quantitative estimate of drug-likeness (QED) is 0.617. The summed E-state index contributed by atoms with van der Waals surface area (Å²) >= 11 is 0. The molecule has 1 N–H and O–H groups in total. The van der Waals surface area contributed by atoms with E-state index < -0.39 is 0 Å². The molecule has 0 saturated carbocycles. The minimum absolute atomic E-state index is 0.153. The molecule has 1 aromatic rings. The molecule has 2 rings (SSSR count). The Morgan fingerprint density at radius 1 is 1.39 bits per heavy atom. The Hall–Kier alpha value is -1.19. The van der Waals surface area contributed by atoms with Crippen LogP contribution in [0.5, 0.6) is 0 Å². The van der Waals surface area contributed by atoms with Gasteiger partial charge in [0.05, 0.1) is 12.6 Å². The van der Waals surface area contributed by atoms with Gasteiger partial charge in [0.15, 0.2) is 5.78 Å². The number of rotatable bonds is 6. The molecule has 0 fully saturated rings. The van der Waals surface area contributed by atoms with E-state index in [0.29, 0.717) is 13.2 Å². The number of benzene rings is 1. The molecule has 1 aromatic carbocycles. The van der Waals surface area contributed by atoms with E-state index in [9.17, 15) is 4.79 Å². The largest absolute Gasteiger partial charge is 0.383 e. The number of hydrogen-bond donors (Lipinski definition) is 1. The van der Waals surface area contributed by atoms with E-state index in [1.165, 1.54) is 17.5 Å². The second-order valence-corrected chi connectivity index (χ2v) is 4.87. The number of hydrogen-bond acceptors (Lipinski definition) is 3. The molecule has 1 unspecified atom stereocenters. The first-order chi connectivity index (χ1) is 8.72. The maximum atomic E-state index is 12.2. The Morgan fingerprint density at radius 3 is 2.94 bits per heavy atom. The van der Waals surface area contributed by atoms with Crippen molar-refractivity contribution in [2.75, 3.05) is 20.3 Å². The molecular formula is C15H21NO2. The predicted octanol–water partition coefficient (Wildman–Crippen LogP) is 1.98. The topological polar surface area (TPSA) is 38.3 Å². The van der Waals surface area contributed by atoms with Gasteiger partial charge in [0.1, 0.15) is 0 Å². The first kappa shape index (κ1) is 13.2. The summed E-state index contributed by atoms with van der Waals surface area (Å²) in [6.45, 7) is 3.24. The van der Waals surface area contributed by atoms with Crippen LogP contribution in [-0.2, 0) is 17.6 Å². The Kier molecular flexibility index (Phi) is 4.50. The van der Waals surface area contributed by atoms with Crippen molar-refractivity contribution in [3.63, 3.8) is 0 Å². The first-order valence-electron chi connectivity index (χ1n) is 6.60. The first-order valence-corrected chi connectivity index (χ1v) is 6.60. The van der Waals surface area contributed by atoms with E-state index >= 15 is 0 Å². The van der Waals surface area contributed by atoms with Gasteiger partial charge in [-0.05, 0) is 43.4 Å². The summed E-state index contributed by atoms with van der Waals surface area (Å²) < 4.78 is 4.96. The van der Waals surface area contributed by atoms with Crippen molar-refractivity contribution in [3.8, 4) is 0 Å². The van der Waals surface area contributed by atoms with Crippen LogP contribution >= 0.6 is 0 Å². The van der Waals surface area contributed by atoms with E-state index in [1.54, 1.807) is 7.11 Å². The summed E-state index contributed by atoms with van der Waals surface area (Å²) in [6, 6.07) is 5.98. The summed E-state index contributed by atoms with van der Waals surface area (Å²) in [5, 5.41) is 3.17.